The molecule has 18 heavy (non-hydrogen) atoms. The van der Waals surface area contributed by atoms with Crippen LogP contribution in [0.5, 0.6) is 0 Å². The lowest BCUT2D eigenvalue weighted by Gasteiger charge is -2.09. The molecule has 0 bridgehead atoms. The average Bonchev–Trinajstić information content (AvgIpc) is 2.79. The van der Waals surface area contributed by atoms with E-state index >= 15 is 0 Å². The summed E-state index contributed by atoms with van der Waals surface area (Å²) in [6, 6.07) is 5.89. The van der Waals surface area contributed by atoms with Crippen LogP contribution in [0, 0.1) is 0 Å². The lowest BCUT2D eigenvalue weighted by molar-refractivity contribution is -0.142. The third-order valence-electron chi connectivity index (χ3n) is 2.47. The van der Waals surface area contributed by atoms with E-state index in [2.05, 4.69) is 4.98 Å². The molecule has 0 amide bonds. The molecule has 0 N–H and O–H groups in total. The van der Waals surface area contributed by atoms with Crippen LogP contribution >= 0.6 is 11.8 Å². The van der Waals surface area contributed by atoms with Crippen molar-refractivity contribution in [3.05, 3.63) is 30.6 Å². The maximum atomic E-state index is 11.7. The molecule has 96 valence electrons. The second-order valence-corrected chi connectivity index (χ2v) is 5.27. The van der Waals surface area contributed by atoms with Crippen LogP contribution in [0.3, 0.4) is 0 Å². The van der Waals surface area contributed by atoms with E-state index in [4.69, 9.17) is 4.74 Å². The number of esters is 1. The monoisotopic (exact) mass is 264 g/mol. The molecule has 0 saturated heterocycles. The van der Waals surface area contributed by atoms with Gasteiger partial charge < -0.3 is 4.74 Å². The molecule has 1 unspecified atom stereocenters. The number of pyridine rings is 1. The number of hydrogen-bond acceptors (Lipinski definition) is 4. The van der Waals surface area contributed by atoms with Gasteiger partial charge in [0.15, 0.2) is 5.16 Å². The predicted molar refractivity (Wildman–Crippen MR) is 71.8 cm³/mol. The quantitative estimate of drug-likeness (QED) is 0.615. The topological polar surface area (TPSA) is 43.6 Å². The molecule has 0 radical (unpaired) electrons. The van der Waals surface area contributed by atoms with Crippen molar-refractivity contribution in [2.24, 2.45) is 0 Å². The predicted octanol–water partition coefficient (Wildman–Crippen LogP) is 2.77. The minimum absolute atomic E-state index is 0.186. The van der Waals surface area contributed by atoms with Crippen molar-refractivity contribution in [1.82, 2.24) is 9.38 Å². The van der Waals surface area contributed by atoms with Gasteiger partial charge in [-0.05, 0) is 25.5 Å². The Bertz CT molecular complexity index is 539. The van der Waals surface area contributed by atoms with E-state index in [-0.39, 0.29) is 11.2 Å². The largest absolute Gasteiger partial charge is 0.465 e. The van der Waals surface area contributed by atoms with Crippen molar-refractivity contribution in [1.29, 1.82) is 0 Å². The average molecular weight is 264 g/mol. The van der Waals surface area contributed by atoms with Gasteiger partial charge >= 0.3 is 5.97 Å². The molecule has 0 aliphatic heterocycles. The van der Waals surface area contributed by atoms with Crippen molar-refractivity contribution in [2.75, 3.05) is 6.61 Å². The summed E-state index contributed by atoms with van der Waals surface area (Å²) in [6.07, 6.45) is 4.58. The summed E-state index contributed by atoms with van der Waals surface area (Å²) in [5.74, 6) is -0.186. The Morgan fingerprint density at radius 3 is 3.17 bits per heavy atom. The van der Waals surface area contributed by atoms with Gasteiger partial charge in [-0.1, -0.05) is 24.8 Å². The molecule has 0 saturated carbocycles. The van der Waals surface area contributed by atoms with Crippen LogP contribution in [0.2, 0.25) is 0 Å². The van der Waals surface area contributed by atoms with Crippen molar-refractivity contribution >= 4 is 23.2 Å². The Morgan fingerprint density at radius 2 is 2.39 bits per heavy atom. The fourth-order valence-electron chi connectivity index (χ4n) is 1.53. The molecule has 5 heteroatoms. The van der Waals surface area contributed by atoms with E-state index in [1.807, 2.05) is 42.6 Å². The SMILES string of the molecule is CCCOC(=O)C(C)Sc1ncc2ccccn12. The summed E-state index contributed by atoms with van der Waals surface area (Å²) in [6.45, 7) is 4.30. The number of fused-ring (bicyclic) bond motifs is 1. The number of carbonyl (C=O) groups is 1. The molecule has 0 aromatic carbocycles. The second kappa shape index (κ2) is 5.91. The smallest absolute Gasteiger partial charge is 0.319 e. The molecule has 0 aliphatic rings. The molecule has 4 nitrogen and oxygen atoms in total. The van der Waals surface area contributed by atoms with E-state index in [9.17, 15) is 4.79 Å². The Kier molecular flexibility index (Phi) is 4.25. The van der Waals surface area contributed by atoms with E-state index in [0.29, 0.717) is 6.61 Å². The highest BCUT2D eigenvalue weighted by Gasteiger charge is 2.18. The van der Waals surface area contributed by atoms with Crippen LogP contribution in [0.4, 0.5) is 0 Å². The number of ether oxygens (including phenoxy) is 1. The number of imidazole rings is 1. The molecule has 2 aromatic heterocycles. The highest BCUT2D eigenvalue weighted by molar-refractivity contribution is 8.00. The standard InChI is InChI=1S/C13H16N2O2S/c1-3-8-17-12(16)10(2)18-13-14-9-11-6-4-5-7-15(11)13/h4-7,9-10H,3,8H2,1-2H3. The minimum atomic E-state index is -0.248. The molecule has 2 rings (SSSR count). The van der Waals surface area contributed by atoms with Gasteiger partial charge in [-0.15, -0.1) is 0 Å². The van der Waals surface area contributed by atoms with Crippen LogP contribution in [-0.4, -0.2) is 27.2 Å². The molecular weight excluding hydrogens is 248 g/mol. The van der Waals surface area contributed by atoms with E-state index in [1.54, 1.807) is 6.20 Å². The zero-order valence-corrected chi connectivity index (χ0v) is 11.3. The van der Waals surface area contributed by atoms with Gasteiger partial charge in [0.2, 0.25) is 0 Å². The fourth-order valence-corrected chi connectivity index (χ4v) is 2.41. The number of aromatic nitrogens is 2. The van der Waals surface area contributed by atoms with Gasteiger partial charge in [0.1, 0.15) is 5.25 Å². The second-order valence-electron chi connectivity index (χ2n) is 3.96. The fraction of sp³-hybridized carbons (Fsp3) is 0.385. The van der Waals surface area contributed by atoms with Crippen molar-refractivity contribution in [2.45, 2.75) is 30.7 Å². The Balaban J connectivity index is 2.07. The van der Waals surface area contributed by atoms with Crippen LogP contribution in [0.25, 0.3) is 5.52 Å². The summed E-state index contributed by atoms with van der Waals surface area (Å²) in [7, 11) is 0. The maximum absolute atomic E-state index is 11.7. The lowest BCUT2D eigenvalue weighted by atomic mass is 10.4. The first-order valence-corrected chi connectivity index (χ1v) is 6.85. The highest BCUT2D eigenvalue weighted by Crippen LogP contribution is 2.23. The Morgan fingerprint density at radius 1 is 1.56 bits per heavy atom. The van der Waals surface area contributed by atoms with Crippen LogP contribution < -0.4 is 0 Å². The highest BCUT2D eigenvalue weighted by atomic mass is 32.2. The van der Waals surface area contributed by atoms with Crippen molar-refractivity contribution < 1.29 is 9.53 Å². The Hall–Kier alpha value is -1.49. The number of nitrogens with zero attached hydrogens (tertiary/aromatic N) is 2. The van der Waals surface area contributed by atoms with Crippen molar-refractivity contribution in [3.8, 4) is 0 Å². The first-order chi connectivity index (χ1) is 8.72. The van der Waals surface area contributed by atoms with Gasteiger partial charge in [0, 0.05) is 6.20 Å². The summed E-state index contributed by atoms with van der Waals surface area (Å²) in [5.41, 5.74) is 1.02. The molecule has 2 aromatic rings. The van der Waals surface area contributed by atoms with Crippen LogP contribution in [0.1, 0.15) is 20.3 Å². The maximum Gasteiger partial charge on any atom is 0.319 e. The zero-order chi connectivity index (χ0) is 13.0. The van der Waals surface area contributed by atoms with E-state index < -0.39 is 0 Å². The summed E-state index contributed by atoms with van der Waals surface area (Å²) < 4.78 is 7.08. The van der Waals surface area contributed by atoms with Crippen LogP contribution in [-0.2, 0) is 9.53 Å². The van der Waals surface area contributed by atoms with E-state index in [0.717, 1.165) is 17.1 Å². The first kappa shape index (κ1) is 13.0. The number of hydrogen-bond donors (Lipinski definition) is 0. The third kappa shape index (κ3) is 2.85. The van der Waals surface area contributed by atoms with Crippen molar-refractivity contribution in [3.63, 3.8) is 0 Å². The number of rotatable bonds is 5. The molecule has 1 atom stereocenters. The number of carbonyl (C=O) groups excluding carboxylic acids is 1. The summed E-state index contributed by atoms with van der Waals surface area (Å²) >= 11 is 1.42. The molecule has 0 fully saturated rings. The van der Waals surface area contributed by atoms with E-state index in [1.165, 1.54) is 11.8 Å². The lowest BCUT2D eigenvalue weighted by Crippen LogP contribution is -2.17. The molecule has 0 aliphatic carbocycles. The third-order valence-corrected chi connectivity index (χ3v) is 3.53. The molecule has 0 spiro atoms. The first-order valence-electron chi connectivity index (χ1n) is 5.97. The summed E-state index contributed by atoms with van der Waals surface area (Å²) in [5, 5.41) is 0.564. The number of thioether (sulfide) groups is 1. The zero-order valence-electron chi connectivity index (χ0n) is 10.5. The minimum Gasteiger partial charge on any atom is -0.465 e. The normalized spacial score (nSPS) is 12.6. The molecular formula is C13H16N2O2S. The summed E-state index contributed by atoms with van der Waals surface area (Å²) in [4.78, 5) is 16.0. The van der Waals surface area contributed by atoms with Gasteiger partial charge in [0.05, 0.1) is 18.3 Å². The Labute approximate surface area is 110 Å². The van der Waals surface area contributed by atoms with Crippen LogP contribution in [0.15, 0.2) is 35.7 Å². The van der Waals surface area contributed by atoms with Gasteiger partial charge in [-0.2, -0.15) is 0 Å². The molecule has 2 heterocycles. The van der Waals surface area contributed by atoms with Gasteiger partial charge in [-0.3, -0.25) is 9.20 Å². The van der Waals surface area contributed by atoms with Gasteiger partial charge in [0.25, 0.3) is 0 Å². The van der Waals surface area contributed by atoms with Gasteiger partial charge in [-0.25, -0.2) is 4.98 Å².